The first-order valence-electron chi connectivity index (χ1n) is 6.22. The first-order valence-corrected chi connectivity index (χ1v) is 6.22. The van der Waals surface area contributed by atoms with Crippen molar-refractivity contribution in [2.24, 2.45) is 0 Å². The molecule has 1 aliphatic rings. The maximum absolute atomic E-state index is 13.5. The van der Waals surface area contributed by atoms with E-state index < -0.39 is 5.41 Å². The van der Waals surface area contributed by atoms with Gasteiger partial charge in [0.1, 0.15) is 11.2 Å². The predicted octanol–water partition coefficient (Wildman–Crippen LogP) is 3.06. The second-order valence-corrected chi connectivity index (χ2v) is 4.67. The molecule has 0 saturated carbocycles. The van der Waals surface area contributed by atoms with Gasteiger partial charge >= 0.3 is 5.97 Å². The molecule has 0 radical (unpaired) electrons. The van der Waals surface area contributed by atoms with E-state index in [1.807, 2.05) is 30.3 Å². The van der Waals surface area contributed by atoms with Gasteiger partial charge in [-0.05, 0) is 23.3 Å². The number of carbonyl (C=O) groups is 1. The SMILES string of the molecule is O=C1OCCC1(c1ccccc1)c1cccc(F)c1. The number of esters is 1. The number of benzene rings is 2. The Morgan fingerprint density at radius 3 is 2.37 bits per heavy atom. The smallest absolute Gasteiger partial charge is 0.321 e. The molecule has 1 aliphatic heterocycles. The summed E-state index contributed by atoms with van der Waals surface area (Å²) < 4.78 is 18.6. The number of ether oxygens (including phenoxy) is 1. The molecule has 1 unspecified atom stereocenters. The molecule has 96 valence electrons. The van der Waals surface area contributed by atoms with Gasteiger partial charge in [-0.3, -0.25) is 4.79 Å². The highest BCUT2D eigenvalue weighted by atomic mass is 19.1. The van der Waals surface area contributed by atoms with E-state index in [0.29, 0.717) is 18.6 Å². The lowest BCUT2D eigenvalue weighted by atomic mass is 9.73. The Balaban J connectivity index is 2.21. The van der Waals surface area contributed by atoms with E-state index >= 15 is 0 Å². The topological polar surface area (TPSA) is 26.3 Å². The Labute approximate surface area is 110 Å². The molecule has 2 aromatic carbocycles. The zero-order chi connectivity index (χ0) is 13.3. The van der Waals surface area contributed by atoms with Crippen LogP contribution in [-0.4, -0.2) is 12.6 Å². The molecule has 1 heterocycles. The van der Waals surface area contributed by atoms with Crippen molar-refractivity contribution in [3.63, 3.8) is 0 Å². The molecule has 0 amide bonds. The van der Waals surface area contributed by atoms with Crippen molar-refractivity contribution in [3.05, 3.63) is 71.5 Å². The predicted molar refractivity (Wildman–Crippen MR) is 69.2 cm³/mol. The Kier molecular flexibility index (Phi) is 2.82. The number of halogens is 1. The minimum Gasteiger partial charge on any atom is -0.465 e. The lowest BCUT2D eigenvalue weighted by Crippen LogP contribution is -2.33. The Hall–Kier alpha value is -2.16. The fraction of sp³-hybridized carbons (Fsp3) is 0.188. The van der Waals surface area contributed by atoms with Crippen molar-refractivity contribution in [2.75, 3.05) is 6.61 Å². The molecule has 2 nitrogen and oxygen atoms in total. The van der Waals surface area contributed by atoms with Crippen molar-refractivity contribution >= 4 is 5.97 Å². The highest BCUT2D eigenvalue weighted by Gasteiger charge is 2.47. The highest BCUT2D eigenvalue weighted by Crippen LogP contribution is 2.40. The third-order valence-corrected chi connectivity index (χ3v) is 3.64. The van der Waals surface area contributed by atoms with Crippen molar-refractivity contribution in [2.45, 2.75) is 11.8 Å². The minimum absolute atomic E-state index is 0.302. The summed E-state index contributed by atoms with van der Waals surface area (Å²) in [5.74, 6) is -0.642. The molecule has 0 aliphatic carbocycles. The highest BCUT2D eigenvalue weighted by molar-refractivity contribution is 5.89. The zero-order valence-electron chi connectivity index (χ0n) is 10.3. The van der Waals surface area contributed by atoms with Gasteiger partial charge in [-0.25, -0.2) is 4.39 Å². The Morgan fingerprint density at radius 2 is 1.74 bits per heavy atom. The van der Waals surface area contributed by atoms with Gasteiger partial charge < -0.3 is 4.74 Å². The van der Waals surface area contributed by atoms with Crippen LogP contribution in [0.2, 0.25) is 0 Å². The van der Waals surface area contributed by atoms with E-state index in [1.54, 1.807) is 12.1 Å². The first-order chi connectivity index (χ1) is 9.23. The van der Waals surface area contributed by atoms with E-state index in [0.717, 1.165) is 5.56 Å². The molecule has 0 spiro atoms. The molecule has 2 aromatic rings. The number of hydrogen-bond acceptors (Lipinski definition) is 2. The van der Waals surface area contributed by atoms with Crippen LogP contribution in [0.15, 0.2) is 54.6 Å². The summed E-state index contributed by atoms with van der Waals surface area (Å²) in [4.78, 5) is 12.3. The molecule has 1 fully saturated rings. The molecule has 0 N–H and O–H groups in total. The number of cyclic esters (lactones) is 1. The van der Waals surface area contributed by atoms with Crippen molar-refractivity contribution < 1.29 is 13.9 Å². The monoisotopic (exact) mass is 256 g/mol. The lowest BCUT2D eigenvalue weighted by molar-refractivity contribution is -0.141. The number of rotatable bonds is 2. The quantitative estimate of drug-likeness (QED) is 0.772. The van der Waals surface area contributed by atoms with E-state index in [-0.39, 0.29) is 11.8 Å². The van der Waals surface area contributed by atoms with Gasteiger partial charge in [0.2, 0.25) is 0 Å². The van der Waals surface area contributed by atoms with Gasteiger partial charge in [-0.1, -0.05) is 42.5 Å². The summed E-state index contributed by atoms with van der Waals surface area (Å²) in [5.41, 5.74) is 0.632. The third kappa shape index (κ3) is 1.82. The average molecular weight is 256 g/mol. The van der Waals surface area contributed by atoms with E-state index in [4.69, 9.17) is 4.74 Å². The van der Waals surface area contributed by atoms with Crippen LogP contribution < -0.4 is 0 Å². The Morgan fingerprint density at radius 1 is 1.00 bits per heavy atom. The van der Waals surface area contributed by atoms with Gasteiger partial charge in [0, 0.05) is 6.42 Å². The molecular formula is C16H13FO2. The second-order valence-electron chi connectivity index (χ2n) is 4.67. The van der Waals surface area contributed by atoms with Gasteiger partial charge in [0.15, 0.2) is 0 Å². The van der Waals surface area contributed by atoms with Gasteiger partial charge in [-0.15, -0.1) is 0 Å². The molecular weight excluding hydrogens is 243 g/mol. The van der Waals surface area contributed by atoms with Crippen LogP contribution in [0, 0.1) is 5.82 Å². The van der Waals surface area contributed by atoms with Crippen LogP contribution in [0.1, 0.15) is 17.5 Å². The van der Waals surface area contributed by atoms with E-state index in [9.17, 15) is 9.18 Å². The number of hydrogen-bond donors (Lipinski definition) is 0. The molecule has 3 heteroatoms. The lowest BCUT2D eigenvalue weighted by Gasteiger charge is -2.25. The minimum atomic E-state index is -0.872. The fourth-order valence-corrected chi connectivity index (χ4v) is 2.69. The van der Waals surface area contributed by atoms with E-state index in [2.05, 4.69) is 0 Å². The van der Waals surface area contributed by atoms with Crippen molar-refractivity contribution in [3.8, 4) is 0 Å². The molecule has 19 heavy (non-hydrogen) atoms. The second kappa shape index (κ2) is 4.50. The van der Waals surface area contributed by atoms with Crippen LogP contribution in [0.25, 0.3) is 0 Å². The van der Waals surface area contributed by atoms with Crippen LogP contribution in [0.4, 0.5) is 4.39 Å². The van der Waals surface area contributed by atoms with Crippen LogP contribution in [0.5, 0.6) is 0 Å². The van der Waals surface area contributed by atoms with E-state index in [1.165, 1.54) is 12.1 Å². The molecule has 1 atom stereocenters. The third-order valence-electron chi connectivity index (χ3n) is 3.64. The largest absolute Gasteiger partial charge is 0.465 e. The van der Waals surface area contributed by atoms with Crippen LogP contribution in [-0.2, 0) is 14.9 Å². The summed E-state index contributed by atoms with van der Waals surface area (Å²) in [5, 5.41) is 0. The van der Waals surface area contributed by atoms with Gasteiger partial charge in [-0.2, -0.15) is 0 Å². The zero-order valence-corrected chi connectivity index (χ0v) is 10.3. The number of carbonyl (C=O) groups excluding carboxylic acids is 1. The summed E-state index contributed by atoms with van der Waals surface area (Å²) in [7, 11) is 0. The summed E-state index contributed by atoms with van der Waals surface area (Å²) in [6.07, 6.45) is 0.541. The van der Waals surface area contributed by atoms with Crippen LogP contribution >= 0.6 is 0 Å². The summed E-state index contributed by atoms with van der Waals surface area (Å²) in [6, 6.07) is 15.6. The molecule has 0 bridgehead atoms. The first kappa shape index (κ1) is 11.9. The average Bonchev–Trinajstić information content (AvgIpc) is 2.82. The van der Waals surface area contributed by atoms with Crippen molar-refractivity contribution in [1.29, 1.82) is 0 Å². The standard InChI is InChI=1S/C16H13FO2/c17-14-8-4-7-13(11-14)16(9-10-19-15(16)18)12-5-2-1-3-6-12/h1-8,11H,9-10H2. The van der Waals surface area contributed by atoms with Crippen molar-refractivity contribution in [1.82, 2.24) is 0 Å². The molecule has 1 saturated heterocycles. The maximum atomic E-state index is 13.5. The summed E-state index contributed by atoms with van der Waals surface area (Å²) in [6.45, 7) is 0.365. The van der Waals surface area contributed by atoms with Crippen LogP contribution in [0.3, 0.4) is 0 Å². The maximum Gasteiger partial charge on any atom is 0.321 e. The van der Waals surface area contributed by atoms with Gasteiger partial charge in [0.25, 0.3) is 0 Å². The molecule has 0 aromatic heterocycles. The molecule has 3 rings (SSSR count). The van der Waals surface area contributed by atoms with Gasteiger partial charge in [0.05, 0.1) is 6.61 Å². The normalized spacial score (nSPS) is 22.3. The summed E-state index contributed by atoms with van der Waals surface area (Å²) >= 11 is 0. The Bertz CT molecular complexity index is 609. The fourth-order valence-electron chi connectivity index (χ4n) is 2.69.